The molecule has 1 aromatic carbocycles. The van der Waals surface area contributed by atoms with Crippen LogP contribution in [0.2, 0.25) is 0 Å². The predicted molar refractivity (Wildman–Crippen MR) is 80.7 cm³/mol. The van der Waals surface area contributed by atoms with Crippen LogP contribution in [0.15, 0.2) is 34.9 Å². The number of nitrogens with one attached hydrogen (secondary N) is 1. The van der Waals surface area contributed by atoms with Crippen LogP contribution in [-0.2, 0) is 12.8 Å². The van der Waals surface area contributed by atoms with Crippen molar-refractivity contribution in [2.24, 2.45) is 5.92 Å². The molecule has 0 radical (unpaired) electrons. The Kier molecular flexibility index (Phi) is 5.59. The average Bonchev–Trinajstić information content (AvgIpc) is 2.90. The van der Waals surface area contributed by atoms with Crippen LogP contribution in [0.4, 0.5) is 5.69 Å². The van der Waals surface area contributed by atoms with E-state index in [0.29, 0.717) is 5.92 Å². The van der Waals surface area contributed by atoms with E-state index in [1.165, 1.54) is 0 Å². The summed E-state index contributed by atoms with van der Waals surface area (Å²) in [5, 5.41) is 7.39. The van der Waals surface area contributed by atoms with Crippen molar-refractivity contribution in [1.82, 2.24) is 10.1 Å². The van der Waals surface area contributed by atoms with E-state index in [1.54, 1.807) is 0 Å². The lowest BCUT2D eigenvalue weighted by Crippen LogP contribution is -2.03. The molecule has 0 unspecified atom stereocenters. The normalized spacial score (nSPS) is 10.9. The van der Waals surface area contributed by atoms with Crippen molar-refractivity contribution in [2.75, 3.05) is 11.9 Å². The van der Waals surface area contributed by atoms with Crippen molar-refractivity contribution in [1.29, 1.82) is 0 Å². The van der Waals surface area contributed by atoms with Crippen molar-refractivity contribution < 1.29 is 4.52 Å². The Balaban J connectivity index is 1.67. The smallest absolute Gasteiger partial charge is 0.226 e. The van der Waals surface area contributed by atoms with Gasteiger partial charge in [0.25, 0.3) is 0 Å². The van der Waals surface area contributed by atoms with Crippen LogP contribution in [0.25, 0.3) is 0 Å². The topological polar surface area (TPSA) is 51.0 Å². The van der Waals surface area contributed by atoms with Crippen LogP contribution in [0, 0.1) is 5.92 Å². The van der Waals surface area contributed by atoms with Gasteiger partial charge in [-0.3, -0.25) is 0 Å². The Hall–Kier alpha value is -1.84. The van der Waals surface area contributed by atoms with Crippen LogP contribution in [0.5, 0.6) is 0 Å². The van der Waals surface area contributed by atoms with Crippen molar-refractivity contribution >= 4 is 5.69 Å². The standard InChI is InChI=1S/C16H23N3O/c1-13(2)10-11-15-18-16(20-19-15)9-6-12-17-14-7-4-3-5-8-14/h3-5,7-8,13,17H,6,9-12H2,1-2H3. The molecule has 0 amide bonds. The molecule has 0 saturated heterocycles. The SMILES string of the molecule is CC(C)CCc1noc(CCCNc2ccccc2)n1. The van der Waals surface area contributed by atoms with E-state index in [-0.39, 0.29) is 0 Å². The fourth-order valence-electron chi connectivity index (χ4n) is 1.94. The van der Waals surface area contributed by atoms with Gasteiger partial charge in [0.05, 0.1) is 0 Å². The molecule has 20 heavy (non-hydrogen) atoms. The number of hydrogen-bond donors (Lipinski definition) is 1. The lowest BCUT2D eigenvalue weighted by atomic mass is 10.1. The lowest BCUT2D eigenvalue weighted by Gasteiger charge is -2.03. The maximum atomic E-state index is 5.26. The number of benzene rings is 1. The van der Waals surface area contributed by atoms with Crippen LogP contribution in [-0.4, -0.2) is 16.7 Å². The van der Waals surface area contributed by atoms with Gasteiger partial charge in [0.2, 0.25) is 5.89 Å². The number of anilines is 1. The molecule has 0 aliphatic rings. The van der Waals surface area contributed by atoms with E-state index in [4.69, 9.17) is 4.52 Å². The zero-order chi connectivity index (χ0) is 14.2. The quantitative estimate of drug-likeness (QED) is 0.745. The third-order valence-electron chi connectivity index (χ3n) is 3.13. The first-order valence-electron chi connectivity index (χ1n) is 7.34. The maximum Gasteiger partial charge on any atom is 0.226 e. The van der Waals surface area contributed by atoms with Crippen molar-refractivity contribution in [3.8, 4) is 0 Å². The molecule has 0 aliphatic carbocycles. The Bertz CT molecular complexity index is 493. The van der Waals surface area contributed by atoms with Crippen LogP contribution in [0.1, 0.15) is 38.4 Å². The van der Waals surface area contributed by atoms with Crippen LogP contribution in [0.3, 0.4) is 0 Å². The molecule has 4 heteroatoms. The zero-order valence-corrected chi connectivity index (χ0v) is 12.3. The van der Waals surface area contributed by atoms with Crippen molar-refractivity contribution in [3.05, 3.63) is 42.0 Å². The molecule has 108 valence electrons. The van der Waals surface area contributed by atoms with Gasteiger partial charge in [0, 0.05) is 25.1 Å². The number of aromatic nitrogens is 2. The van der Waals surface area contributed by atoms with Gasteiger partial charge in [-0.05, 0) is 30.9 Å². The molecule has 4 nitrogen and oxygen atoms in total. The van der Waals surface area contributed by atoms with Gasteiger partial charge in [0.1, 0.15) is 0 Å². The molecule has 1 N–H and O–H groups in total. The van der Waals surface area contributed by atoms with Gasteiger partial charge in [-0.1, -0.05) is 37.2 Å². The molecule has 2 rings (SSSR count). The monoisotopic (exact) mass is 273 g/mol. The van der Waals surface area contributed by atoms with Crippen LogP contribution >= 0.6 is 0 Å². The minimum absolute atomic E-state index is 0.673. The highest BCUT2D eigenvalue weighted by molar-refractivity contribution is 5.42. The number of para-hydroxylation sites is 1. The summed E-state index contributed by atoms with van der Waals surface area (Å²) in [6.07, 6.45) is 3.83. The minimum atomic E-state index is 0.673. The Morgan fingerprint density at radius 3 is 2.70 bits per heavy atom. The second-order valence-corrected chi connectivity index (χ2v) is 5.43. The highest BCUT2D eigenvalue weighted by Crippen LogP contribution is 2.08. The van der Waals surface area contributed by atoms with Gasteiger partial charge in [-0.25, -0.2) is 0 Å². The fraction of sp³-hybridized carbons (Fsp3) is 0.500. The number of rotatable bonds is 8. The summed E-state index contributed by atoms with van der Waals surface area (Å²) in [6.45, 7) is 5.32. The summed E-state index contributed by atoms with van der Waals surface area (Å²) in [4.78, 5) is 4.42. The molecule has 1 heterocycles. The van der Waals surface area contributed by atoms with E-state index < -0.39 is 0 Å². The third-order valence-corrected chi connectivity index (χ3v) is 3.13. The van der Waals surface area contributed by atoms with Gasteiger partial charge in [-0.15, -0.1) is 0 Å². The summed E-state index contributed by atoms with van der Waals surface area (Å²) < 4.78 is 5.26. The molecular weight excluding hydrogens is 250 g/mol. The summed E-state index contributed by atoms with van der Waals surface area (Å²) in [5.41, 5.74) is 1.15. The van der Waals surface area contributed by atoms with Gasteiger partial charge in [-0.2, -0.15) is 4.98 Å². The summed E-state index contributed by atoms with van der Waals surface area (Å²) in [6, 6.07) is 10.2. The highest BCUT2D eigenvalue weighted by atomic mass is 16.5. The Morgan fingerprint density at radius 1 is 1.15 bits per heavy atom. The fourth-order valence-corrected chi connectivity index (χ4v) is 1.94. The van der Waals surface area contributed by atoms with E-state index in [9.17, 15) is 0 Å². The first kappa shape index (κ1) is 14.6. The largest absolute Gasteiger partial charge is 0.385 e. The maximum absolute atomic E-state index is 5.26. The molecule has 1 aromatic heterocycles. The number of aryl methyl sites for hydroxylation is 2. The molecule has 0 saturated carbocycles. The summed E-state index contributed by atoms with van der Waals surface area (Å²) in [5.74, 6) is 2.26. The number of hydrogen-bond acceptors (Lipinski definition) is 4. The molecule has 0 spiro atoms. The van der Waals surface area contributed by atoms with Gasteiger partial charge < -0.3 is 9.84 Å². The van der Waals surface area contributed by atoms with Gasteiger partial charge >= 0.3 is 0 Å². The summed E-state index contributed by atoms with van der Waals surface area (Å²) >= 11 is 0. The average molecular weight is 273 g/mol. The molecular formula is C16H23N3O. The van der Waals surface area contributed by atoms with Crippen molar-refractivity contribution in [3.63, 3.8) is 0 Å². The highest BCUT2D eigenvalue weighted by Gasteiger charge is 2.06. The van der Waals surface area contributed by atoms with Gasteiger partial charge in [0.15, 0.2) is 5.82 Å². The number of nitrogens with zero attached hydrogens (tertiary/aromatic N) is 2. The molecule has 2 aromatic rings. The first-order valence-corrected chi connectivity index (χ1v) is 7.34. The molecule has 0 fully saturated rings. The second kappa shape index (κ2) is 7.68. The van der Waals surface area contributed by atoms with E-state index in [0.717, 1.165) is 49.6 Å². The molecule has 0 bridgehead atoms. The first-order chi connectivity index (χ1) is 9.74. The molecule has 0 atom stereocenters. The third kappa shape index (κ3) is 5.03. The van der Waals surface area contributed by atoms with Crippen molar-refractivity contribution in [2.45, 2.75) is 39.5 Å². The minimum Gasteiger partial charge on any atom is -0.385 e. The lowest BCUT2D eigenvalue weighted by molar-refractivity contribution is 0.370. The Labute approximate surface area is 120 Å². The molecule has 0 aliphatic heterocycles. The van der Waals surface area contributed by atoms with E-state index >= 15 is 0 Å². The van der Waals surface area contributed by atoms with Crippen LogP contribution < -0.4 is 5.32 Å². The summed E-state index contributed by atoms with van der Waals surface area (Å²) in [7, 11) is 0. The zero-order valence-electron chi connectivity index (χ0n) is 12.3. The predicted octanol–water partition coefficient (Wildman–Crippen LogP) is 3.70. The van der Waals surface area contributed by atoms with E-state index in [1.807, 2.05) is 18.2 Å². The second-order valence-electron chi connectivity index (χ2n) is 5.43. The Morgan fingerprint density at radius 2 is 1.95 bits per heavy atom. The van der Waals surface area contributed by atoms with E-state index in [2.05, 4.69) is 41.4 Å².